The van der Waals surface area contributed by atoms with Crippen molar-refractivity contribution in [2.24, 2.45) is 5.73 Å². The van der Waals surface area contributed by atoms with Gasteiger partial charge in [0.2, 0.25) is 5.91 Å². The molecule has 0 saturated heterocycles. The summed E-state index contributed by atoms with van der Waals surface area (Å²) < 4.78 is 36.7. The first-order valence-electron chi connectivity index (χ1n) is 4.21. The zero-order valence-electron chi connectivity index (χ0n) is 7.99. The molecule has 0 saturated carbocycles. The number of amides is 1. The SMILES string of the molecule is NC(=O)CCSc1nccc(C(F)(F)F)n1. The molecule has 1 aromatic heterocycles. The Labute approximate surface area is 93.5 Å². The van der Waals surface area contributed by atoms with Crippen molar-refractivity contribution in [2.45, 2.75) is 17.8 Å². The predicted molar refractivity (Wildman–Crippen MR) is 51.6 cm³/mol. The van der Waals surface area contributed by atoms with E-state index in [0.717, 1.165) is 24.0 Å². The molecule has 0 aliphatic heterocycles. The third-order valence-corrected chi connectivity index (χ3v) is 2.37. The van der Waals surface area contributed by atoms with Gasteiger partial charge in [-0.15, -0.1) is 0 Å². The number of carbonyl (C=O) groups is 1. The van der Waals surface area contributed by atoms with Crippen molar-refractivity contribution < 1.29 is 18.0 Å². The highest BCUT2D eigenvalue weighted by Crippen LogP contribution is 2.28. The van der Waals surface area contributed by atoms with Crippen molar-refractivity contribution >= 4 is 17.7 Å². The number of nitrogens with two attached hydrogens (primary N) is 1. The smallest absolute Gasteiger partial charge is 0.370 e. The molecule has 1 aromatic rings. The van der Waals surface area contributed by atoms with Crippen molar-refractivity contribution in [3.05, 3.63) is 18.0 Å². The van der Waals surface area contributed by atoms with Crippen LogP contribution in [0.4, 0.5) is 13.2 Å². The Morgan fingerprint density at radius 3 is 2.75 bits per heavy atom. The summed E-state index contributed by atoms with van der Waals surface area (Å²) in [4.78, 5) is 17.4. The van der Waals surface area contributed by atoms with Gasteiger partial charge in [0.15, 0.2) is 5.16 Å². The Morgan fingerprint density at radius 1 is 1.50 bits per heavy atom. The maximum Gasteiger partial charge on any atom is 0.433 e. The van der Waals surface area contributed by atoms with E-state index in [-0.39, 0.29) is 17.3 Å². The number of carbonyl (C=O) groups excluding carboxylic acids is 1. The van der Waals surface area contributed by atoms with Gasteiger partial charge in [0.1, 0.15) is 5.69 Å². The third kappa shape index (κ3) is 4.05. The predicted octanol–water partition coefficient (Wildman–Crippen LogP) is 1.46. The standard InChI is InChI=1S/C8H8F3N3OS/c9-8(10,11)5-1-3-13-7(14-5)16-4-2-6(12)15/h1,3H,2,4H2,(H2,12,15). The largest absolute Gasteiger partial charge is 0.433 e. The molecule has 0 atom stereocenters. The zero-order valence-corrected chi connectivity index (χ0v) is 8.81. The van der Waals surface area contributed by atoms with Crippen molar-refractivity contribution in [1.82, 2.24) is 9.97 Å². The molecule has 0 radical (unpaired) electrons. The van der Waals surface area contributed by atoms with Gasteiger partial charge in [-0.3, -0.25) is 4.79 Å². The van der Waals surface area contributed by atoms with Gasteiger partial charge in [0.05, 0.1) is 0 Å². The minimum atomic E-state index is -4.48. The molecule has 1 amide bonds. The Hall–Kier alpha value is -1.31. The first-order chi connectivity index (χ1) is 7.39. The van der Waals surface area contributed by atoms with E-state index in [0.29, 0.717) is 0 Å². The number of nitrogens with zero attached hydrogens (tertiary/aromatic N) is 2. The lowest BCUT2D eigenvalue weighted by atomic mass is 10.4. The molecule has 0 aliphatic carbocycles. The quantitative estimate of drug-likeness (QED) is 0.649. The summed E-state index contributed by atoms with van der Waals surface area (Å²) in [6.45, 7) is 0. The van der Waals surface area contributed by atoms with E-state index in [1.165, 1.54) is 0 Å². The zero-order chi connectivity index (χ0) is 12.2. The van der Waals surface area contributed by atoms with Gasteiger partial charge in [0, 0.05) is 18.4 Å². The van der Waals surface area contributed by atoms with E-state index in [1.807, 2.05) is 0 Å². The molecule has 2 N–H and O–H groups in total. The molecule has 0 bridgehead atoms. The topological polar surface area (TPSA) is 68.9 Å². The lowest BCUT2D eigenvalue weighted by Crippen LogP contribution is -2.11. The second-order valence-electron chi connectivity index (χ2n) is 2.79. The lowest BCUT2D eigenvalue weighted by Gasteiger charge is -2.05. The number of alkyl halides is 3. The van der Waals surface area contributed by atoms with Gasteiger partial charge >= 0.3 is 6.18 Å². The molecule has 0 fully saturated rings. The van der Waals surface area contributed by atoms with Gasteiger partial charge in [-0.2, -0.15) is 13.2 Å². The number of hydrogen-bond acceptors (Lipinski definition) is 4. The fraction of sp³-hybridized carbons (Fsp3) is 0.375. The first-order valence-corrected chi connectivity index (χ1v) is 5.19. The second-order valence-corrected chi connectivity index (χ2v) is 3.85. The van der Waals surface area contributed by atoms with Gasteiger partial charge in [-0.25, -0.2) is 9.97 Å². The highest BCUT2D eigenvalue weighted by Gasteiger charge is 2.32. The van der Waals surface area contributed by atoms with Crippen molar-refractivity contribution in [3.63, 3.8) is 0 Å². The molecule has 0 aromatic carbocycles. The number of halogens is 3. The van der Waals surface area contributed by atoms with Crippen LogP contribution in [0.15, 0.2) is 17.4 Å². The fourth-order valence-corrected chi connectivity index (χ4v) is 1.60. The van der Waals surface area contributed by atoms with Crippen molar-refractivity contribution in [1.29, 1.82) is 0 Å². The molecule has 1 heterocycles. The second kappa shape index (κ2) is 5.15. The van der Waals surface area contributed by atoms with Crippen LogP contribution in [-0.4, -0.2) is 21.6 Å². The average Bonchev–Trinajstić information content (AvgIpc) is 2.16. The van der Waals surface area contributed by atoms with E-state index in [2.05, 4.69) is 9.97 Å². The summed E-state index contributed by atoms with van der Waals surface area (Å²) in [7, 11) is 0. The normalized spacial score (nSPS) is 11.4. The Kier molecular flexibility index (Phi) is 4.11. The molecular weight excluding hydrogens is 243 g/mol. The monoisotopic (exact) mass is 251 g/mol. The Bertz CT molecular complexity index is 383. The molecule has 1 rings (SSSR count). The van der Waals surface area contributed by atoms with Crippen LogP contribution < -0.4 is 5.73 Å². The van der Waals surface area contributed by atoms with Gasteiger partial charge in [-0.05, 0) is 6.07 Å². The summed E-state index contributed by atoms with van der Waals surface area (Å²) in [6, 6.07) is 0.790. The minimum absolute atomic E-state index is 0.0175. The summed E-state index contributed by atoms with van der Waals surface area (Å²) in [6.07, 6.45) is -3.38. The highest BCUT2D eigenvalue weighted by atomic mass is 32.2. The van der Waals surface area contributed by atoms with Crippen LogP contribution in [0.2, 0.25) is 0 Å². The fourth-order valence-electron chi connectivity index (χ4n) is 0.811. The van der Waals surface area contributed by atoms with Crippen LogP contribution in [0, 0.1) is 0 Å². The Morgan fingerprint density at radius 2 is 2.19 bits per heavy atom. The van der Waals surface area contributed by atoms with E-state index in [9.17, 15) is 18.0 Å². The summed E-state index contributed by atoms with van der Waals surface area (Å²) >= 11 is 0.956. The minimum Gasteiger partial charge on any atom is -0.370 e. The summed E-state index contributed by atoms with van der Waals surface area (Å²) in [5, 5.41) is -0.0175. The number of thioether (sulfide) groups is 1. The number of primary amides is 1. The van der Waals surface area contributed by atoms with Crippen molar-refractivity contribution in [3.8, 4) is 0 Å². The van der Waals surface area contributed by atoms with Crippen LogP contribution in [-0.2, 0) is 11.0 Å². The van der Waals surface area contributed by atoms with Gasteiger partial charge < -0.3 is 5.73 Å². The third-order valence-electron chi connectivity index (χ3n) is 1.50. The van der Waals surface area contributed by atoms with Crippen LogP contribution in [0.25, 0.3) is 0 Å². The summed E-state index contributed by atoms with van der Waals surface area (Å²) in [5.74, 6) is -0.254. The van der Waals surface area contributed by atoms with Crippen LogP contribution >= 0.6 is 11.8 Å². The lowest BCUT2D eigenvalue weighted by molar-refractivity contribution is -0.141. The molecule has 16 heavy (non-hydrogen) atoms. The molecule has 8 heteroatoms. The molecule has 0 spiro atoms. The molecule has 0 unspecified atom stereocenters. The maximum absolute atomic E-state index is 12.2. The Balaban J connectivity index is 2.64. The van der Waals surface area contributed by atoms with Crippen LogP contribution in [0.1, 0.15) is 12.1 Å². The molecular formula is C8H8F3N3OS. The van der Waals surface area contributed by atoms with Crippen molar-refractivity contribution in [2.75, 3.05) is 5.75 Å². The molecule has 88 valence electrons. The van der Waals surface area contributed by atoms with E-state index in [4.69, 9.17) is 5.73 Å². The van der Waals surface area contributed by atoms with Gasteiger partial charge in [-0.1, -0.05) is 11.8 Å². The van der Waals surface area contributed by atoms with E-state index in [1.54, 1.807) is 0 Å². The average molecular weight is 251 g/mol. The highest BCUT2D eigenvalue weighted by molar-refractivity contribution is 7.99. The number of hydrogen-bond donors (Lipinski definition) is 1. The number of rotatable bonds is 4. The molecule has 0 aliphatic rings. The van der Waals surface area contributed by atoms with Crippen LogP contribution in [0.3, 0.4) is 0 Å². The number of aromatic nitrogens is 2. The van der Waals surface area contributed by atoms with E-state index >= 15 is 0 Å². The first kappa shape index (κ1) is 12.8. The maximum atomic E-state index is 12.2. The summed E-state index contributed by atoms with van der Waals surface area (Å²) in [5.41, 5.74) is 3.89. The van der Waals surface area contributed by atoms with Crippen LogP contribution in [0.5, 0.6) is 0 Å². The molecule has 4 nitrogen and oxygen atoms in total. The van der Waals surface area contributed by atoms with Gasteiger partial charge in [0.25, 0.3) is 0 Å². The van der Waals surface area contributed by atoms with E-state index < -0.39 is 17.8 Å².